The Morgan fingerprint density at radius 2 is 2.05 bits per heavy atom. The second kappa shape index (κ2) is 5.38. The average Bonchev–Trinajstić information content (AvgIpc) is 2.73. The second-order valence-electron chi connectivity index (χ2n) is 4.55. The number of nitrogens with zero attached hydrogens (tertiary/aromatic N) is 2. The first kappa shape index (κ1) is 14.1. The molecule has 5 nitrogen and oxygen atoms in total. The number of fused-ring (bicyclic) bond motifs is 1. The van der Waals surface area contributed by atoms with E-state index in [-0.39, 0.29) is 24.4 Å². The van der Waals surface area contributed by atoms with Crippen molar-refractivity contribution in [2.75, 3.05) is 6.61 Å². The van der Waals surface area contributed by atoms with E-state index in [4.69, 9.17) is 5.11 Å². The molecule has 2 heterocycles. The van der Waals surface area contributed by atoms with E-state index in [0.717, 1.165) is 21.5 Å². The molecule has 0 saturated carbocycles. The molecule has 100 valence electrons. The van der Waals surface area contributed by atoms with Crippen LogP contribution >= 0.6 is 11.3 Å². The summed E-state index contributed by atoms with van der Waals surface area (Å²) in [4.78, 5) is 25.4. The highest BCUT2D eigenvalue weighted by Gasteiger charge is 2.17. The van der Waals surface area contributed by atoms with E-state index >= 15 is 0 Å². The van der Waals surface area contributed by atoms with E-state index in [0.29, 0.717) is 11.8 Å². The number of hydrogen-bond donors (Lipinski definition) is 1. The Bertz CT molecular complexity index is 732. The fraction of sp³-hybridized carbons (Fsp3) is 0.455. The first-order valence-corrected chi connectivity index (χ1v) is 7.17. The molecule has 1 N–H and O–H groups in total. The summed E-state index contributed by atoms with van der Waals surface area (Å²) in [6.45, 7) is 0.229. The average molecular weight is 278 g/mol. The monoisotopic (exact) mass is 278 g/mol. The first-order valence-electron chi connectivity index (χ1n) is 6.35. The highest BCUT2D eigenvalue weighted by Crippen LogP contribution is 2.18. The van der Waals surface area contributed by atoms with Crippen LogP contribution in [0, 0.1) is 0 Å². The second-order valence-corrected chi connectivity index (χ2v) is 5.75. The molecule has 8 heteroatoms. The van der Waals surface area contributed by atoms with Crippen molar-refractivity contribution >= 4 is 42.0 Å². The van der Waals surface area contributed by atoms with Crippen molar-refractivity contribution < 1.29 is 5.11 Å². The van der Waals surface area contributed by atoms with Crippen LogP contribution in [-0.2, 0) is 19.9 Å². The molecule has 0 aromatic carbocycles. The van der Waals surface area contributed by atoms with Gasteiger partial charge in [0.15, 0.2) is 7.85 Å². The number of rotatable bonds is 4. The normalized spacial score (nSPS) is 11.3. The van der Waals surface area contributed by atoms with Gasteiger partial charge in [-0.05, 0) is 16.8 Å². The molecule has 0 aliphatic rings. The molecule has 0 unspecified atom stereocenters. The van der Waals surface area contributed by atoms with Gasteiger partial charge in [0.05, 0.1) is 5.39 Å². The molecule has 0 aliphatic heterocycles. The molecule has 2 aromatic rings. The molecule has 0 spiro atoms. The lowest BCUT2D eigenvalue weighted by molar-refractivity contribution is 0.277. The zero-order chi connectivity index (χ0) is 14.2. The Labute approximate surface area is 116 Å². The largest absolute Gasteiger partial charge is 0.396 e. The molecular weight excluding hydrogens is 262 g/mol. The molecule has 0 amide bonds. The Kier molecular flexibility index (Phi) is 4.01. The lowest BCUT2D eigenvalue weighted by Crippen LogP contribution is -2.39. The third kappa shape index (κ3) is 2.19. The van der Waals surface area contributed by atoms with E-state index in [1.807, 2.05) is 15.7 Å². The van der Waals surface area contributed by atoms with Crippen molar-refractivity contribution in [2.45, 2.75) is 19.3 Å². The zero-order valence-electron chi connectivity index (χ0n) is 11.4. The minimum atomic E-state index is -0.310. The van der Waals surface area contributed by atoms with Crippen molar-refractivity contribution in [2.24, 2.45) is 7.05 Å². The quantitative estimate of drug-likeness (QED) is 0.631. The SMILES string of the molecule is BCc1c(B)sc2c1c(=O)n(CCCO)c(=O)n2C. The van der Waals surface area contributed by atoms with Gasteiger partial charge >= 0.3 is 5.69 Å². The minimum Gasteiger partial charge on any atom is -0.396 e. The van der Waals surface area contributed by atoms with E-state index < -0.39 is 0 Å². The van der Waals surface area contributed by atoms with E-state index in [1.165, 1.54) is 20.5 Å². The van der Waals surface area contributed by atoms with Gasteiger partial charge in [0.25, 0.3) is 5.56 Å². The van der Waals surface area contributed by atoms with Crippen LogP contribution in [-0.4, -0.2) is 36.5 Å². The van der Waals surface area contributed by atoms with Crippen molar-refractivity contribution in [3.8, 4) is 0 Å². The van der Waals surface area contributed by atoms with Gasteiger partial charge in [0, 0.05) is 20.2 Å². The van der Waals surface area contributed by atoms with Crippen molar-refractivity contribution in [1.29, 1.82) is 0 Å². The highest BCUT2D eigenvalue weighted by atomic mass is 32.1. The Morgan fingerprint density at radius 3 is 2.63 bits per heavy atom. The van der Waals surface area contributed by atoms with Gasteiger partial charge in [-0.1, -0.05) is 6.32 Å². The minimum absolute atomic E-state index is 0.0308. The summed E-state index contributed by atoms with van der Waals surface area (Å²) in [7, 11) is 5.68. The number of aliphatic hydroxyl groups is 1. The summed E-state index contributed by atoms with van der Waals surface area (Å²) in [6.07, 6.45) is 1.19. The van der Waals surface area contributed by atoms with Crippen LogP contribution in [0.3, 0.4) is 0 Å². The van der Waals surface area contributed by atoms with Gasteiger partial charge in [-0.15, -0.1) is 11.3 Å². The molecular formula is C11H16B2N2O3S. The zero-order valence-corrected chi connectivity index (χ0v) is 12.2. The summed E-state index contributed by atoms with van der Waals surface area (Å²) < 4.78 is 3.85. The van der Waals surface area contributed by atoms with E-state index in [9.17, 15) is 9.59 Å². The maximum atomic E-state index is 12.5. The molecule has 0 fully saturated rings. The third-order valence-electron chi connectivity index (χ3n) is 3.37. The molecule has 0 aliphatic carbocycles. The summed E-state index contributed by atoms with van der Waals surface area (Å²) in [5.74, 6) is 0. The number of aryl methyl sites for hydroxylation is 1. The van der Waals surface area contributed by atoms with Gasteiger partial charge in [-0.3, -0.25) is 13.9 Å². The van der Waals surface area contributed by atoms with E-state index in [1.54, 1.807) is 7.05 Å². The standard InChI is InChI=1S/C11H16B2N2O3S/c1-14-10-7(6(5-12)8(13)19-10)9(17)15(11(14)18)3-2-4-16/h16H,2-5,12-13H2,1H3. The van der Waals surface area contributed by atoms with Crippen molar-refractivity contribution in [3.63, 3.8) is 0 Å². The number of aliphatic hydroxyl groups excluding tert-OH is 1. The lowest BCUT2D eigenvalue weighted by Gasteiger charge is -2.08. The summed E-state index contributed by atoms with van der Waals surface area (Å²) in [5.41, 5.74) is 0.487. The molecule has 2 aromatic heterocycles. The van der Waals surface area contributed by atoms with Crippen molar-refractivity contribution in [3.05, 3.63) is 26.4 Å². The maximum absolute atomic E-state index is 12.5. The Hall–Kier alpha value is -1.27. The Morgan fingerprint density at radius 1 is 1.37 bits per heavy atom. The van der Waals surface area contributed by atoms with Gasteiger partial charge in [0.2, 0.25) is 0 Å². The van der Waals surface area contributed by atoms with Gasteiger partial charge < -0.3 is 5.11 Å². The predicted octanol–water partition coefficient (Wildman–Crippen LogP) is -2.46. The molecule has 2 rings (SSSR count). The molecule has 0 radical (unpaired) electrons. The summed E-state index contributed by atoms with van der Waals surface area (Å²) in [5, 5.41) is 9.53. The number of hydrogen-bond acceptors (Lipinski definition) is 4. The van der Waals surface area contributed by atoms with Crippen LogP contribution in [0.2, 0.25) is 0 Å². The fourth-order valence-electron chi connectivity index (χ4n) is 2.36. The lowest BCUT2D eigenvalue weighted by atomic mass is 9.90. The highest BCUT2D eigenvalue weighted by molar-refractivity contribution is 7.26. The van der Waals surface area contributed by atoms with Gasteiger partial charge in [0.1, 0.15) is 12.7 Å². The van der Waals surface area contributed by atoms with Gasteiger partial charge in [-0.2, -0.15) is 0 Å². The molecule has 19 heavy (non-hydrogen) atoms. The third-order valence-corrected chi connectivity index (χ3v) is 4.59. The maximum Gasteiger partial charge on any atom is 0.331 e. The summed E-state index contributed by atoms with van der Waals surface area (Å²) in [6, 6.07) is 0. The number of aromatic nitrogens is 2. The molecule has 0 atom stereocenters. The van der Waals surface area contributed by atoms with Crippen LogP contribution in [0.5, 0.6) is 0 Å². The van der Waals surface area contributed by atoms with Crippen LogP contribution in [0.4, 0.5) is 0 Å². The van der Waals surface area contributed by atoms with Crippen LogP contribution < -0.4 is 16.0 Å². The number of thiophene rings is 1. The van der Waals surface area contributed by atoms with E-state index in [2.05, 4.69) is 0 Å². The van der Waals surface area contributed by atoms with Crippen molar-refractivity contribution in [1.82, 2.24) is 9.13 Å². The smallest absolute Gasteiger partial charge is 0.331 e. The molecule has 0 bridgehead atoms. The van der Waals surface area contributed by atoms with Gasteiger partial charge in [-0.25, -0.2) is 4.79 Å². The van der Waals surface area contributed by atoms with Crippen LogP contribution in [0.1, 0.15) is 12.0 Å². The summed E-state index contributed by atoms with van der Waals surface area (Å²) >= 11 is 1.49. The molecule has 0 saturated heterocycles. The first-order chi connectivity index (χ1) is 9.02. The van der Waals surface area contributed by atoms with Crippen LogP contribution in [0.25, 0.3) is 10.2 Å². The predicted molar refractivity (Wildman–Crippen MR) is 83.5 cm³/mol. The topological polar surface area (TPSA) is 64.2 Å². The van der Waals surface area contributed by atoms with Crippen LogP contribution in [0.15, 0.2) is 9.59 Å². The Balaban J connectivity index is 2.86. The fourth-order valence-corrected chi connectivity index (χ4v) is 3.55.